The number of rotatable bonds is 8. The van der Waals surface area contributed by atoms with E-state index in [0.29, 0.717) is 36.8 Å². The molecular formula is C20H28FNO2. The minimum atomic E-state index is -0.563. The summed E-state index contributed by atoms with van der Waals surface area (Å²) in [6.45, 7) is 5.85. The SMILES string of the molecule is CCCCC1(CCC(=O)CCC)Cc2c(cc(F)c(N)c2C)C1=O. The third-order valence-electron chi connectivity index (χ3n) is 5.37. The third kappa shape index (κ3) is 3.38. The highest BCUT2D eigenvalue weighted by Crippen LogP contribution is 2.46. The zero-order chi connectivity index (χ0) is 17.9. The molecule has 132 valence electrons. The first kappa shape index (κ1) is 18.6. The lowest BCUT2D eigenvalue weighted by Gasteiger charge is -2.27. The molecular weight excluding hydrogens is 305 g/mol. The Hall–Kier alpha value is -1.71. The minimum Gasteiger partial charge on any atom is -0.396 e. The summed E-state index contributed by atoms with van der Waals surface area (Å²) in [5.74, 6) is -0.315. The van der Waals surface area contributed by atoms with Crippen LogP contribution in [0.3, 0.4) is 0 Å². The maximum Gasteiger partial charge on any atom is 0.169 e. The van der Waals surface area contributed by atoms with Gasteiger partial charge in [0.15, 0.2) is 5.78 Å². The quantitative estimate of drug-likeness (QED) is 0.696. The van der Waals surface area contributed by atoms with Gasteiger partial charge in [-0.25, -0.2) is 4.39 Å². The van der Waals surface area contributed by atoms with Gasteiger partial charge in [-0.2, -0.15) is 0 Å². The highest BCUT2D eigenvalue weighted by molar-refractivity contribution is 6.06. The molecule has 0 spiro atoms. The molecule has 1 atom stereocenters. The predicted octanol–water partition coefficient (Wildman–Crippen LogP) is 4.78. The lowest BCUT2D eigenvalue weighted by Crippen LogP contribution is -2.29. The van der Waals surface area contributed by atoms with Crippen molar-refractivity contribution < 1.29 is 14.0 Å². The second-order valence-corrected chi connectivity index (χ2v) is 7.10. The van der Waals surface area contributed by atoms with Crippen molar-refractivity contribution in [2.45, 2.75) is 72.1 Å². The lowest BCUT2D eigenvalue weighted by atomic mass is 9.74. The third-order valence-corrected chi connectivity index (χ3v) is 5.37. The van der Waals surface area contributed by atoms with Crippen molar-refractivity contribution in [2.24, 2.45) is 5.41 Å². The van der Waals surface area contributed by atoms with Crippen molar-refractivity contribution in [3.8, 4) is 0 Å². The Morgan fingerprint density at radius 3 is 2.58 bits per heavy atom. The largest absolute Gasteiger partial charge is 0.396 e. The fourth-order valence-corrected chi connectivity index (χ4v) is 3.80. The number of carbonyl (C=O) groups excluding carboxylic acids is 2. The number of carbonyl (C=O) groups is 2. The van der Waals surface area contributed by atoms with E-state index in [1.54, 1.807) is 6.92 Å². The molecule has 0 bridgehead atoms. The van der Waals surface area contributed by atoms with Gasteiger partial charge in [0.05, 0.1) is 5.69 Å². The van der Waals surface area contributed by atoms with Crippen molar-refractivity contribution in [2.75, 3.05) is 5.73 Å². The molecule has 0 aromatic heterocycles. The van der Waals surface area contributed by atoms with Gasteiger partial charge in [-0.1, -0.05) is 26.7 Å². The molecule has 0 radical (unpaired) electrons. The van der Waals surface area contributed by atoms with Crippen LogP contribution in [0.5, 0.6) is 0 Å². The number of nitrogen functional groups attached to an aromatic ring is 1. The Kier molecular flexibility index (Phi) is 5.79. The molecule has 0 heterocycles. The van der Waals surface area contributed by atoms with Crippen molar-refractivity contribution in [1.82, 2.24) is 0 Å². The number of unbranched alkanes of at least 4 members (excludes halogenated alkanes) is 1. The van der Waals surface area contributed by atoms with E-state index < -0.39 is 11.2 Å². The summed E-state index contributed by atoms with van der Waals surface area (Å²) in [5.41, 5.74) is 7.40. The van der Waals surface area contributed by atoms with Crippen LogP contribution in [0.25, 0.3) is 0 Å². The van der Waals surface area contributed by atoms with E-state index in [1.165, 1.54) is 6.07 Å². The molecule has 24 heavy (non-hydrogen) atoms. The van der Waals surface area contributed by atoms with Gasteiger partial charge in [-0.3, -0.25) is 9.59 Å². The normalized spacial score (nSPS) is 19.6. The van der Waals surface area contributed by atoms with Crippen LogP contribution < -0.4 is 5.73 Å². The number of fused-ring (bicyclic) bond motifs is 1. The van der Waals surface area contributed by atoms with Crippen LogP contribution in [0.2, 0.25) is 0 Å². The van der Waals surface area contributed by atoms with E-state index in [-0.39, 0.29) is 17.3 Å². The molecule has 0 saturated heterocycles. The number of Topliss-reactive ketones (excluding diaryl/α,β-unsaturated/α-hetero) is 2. The van der Waals surface area contributed by atoms with Gasteiger partial charge in [0.2, 0.25) is 0 Å². The molecule has 1 aliphatic rings. The van der Waals surface area contributed by atoms with Gasteiger partial charge in [0.25, 0.3) is 0 Å². The van der Waals surface area contributed by atoms with Gasteiger partial charge < -0.3 is 5.73 Å². The van der Waals surface area contributed by atoms with Crippen LogP contribution in [-0.2, 0) is 11.2 Å². The summed E-state index contributed by atoms with van der Waals surface area (Å²) in [6, 6.07) is 1.29. The number of halogens is 1. The van der Waals surface area contributed by atoms with Crippen molar-refractivity contribution in [3.05, 3.63) is 28.6 Å². The molecule has 1 aliphatic carbocycles. The summed E-state index contributed by atoms with van der Waals surface area (Å²) in [6.07, 6.45) is 5.62. The van der Waals surface area contributed by atoms with Crippen LogP contribution in [0, 0.1) is 18.2 Å². The van der Waals surface area contributed by atoms with E-state index in [0.717, 1.165) is 31.2 Å². The fraction of sp³-hybridized carbons (Fsp3) is 0.600. The molecule has 0 fully saturated rings. The van der Waals surface area contributed by atoms with E-state index >= 15 is 0 Å². The first-order valence-corrected chi connectivity index (χ1v) is 9.00. The molecule has 0 aliphatic heterocycles. The number of hydrogen-bond donors (Lipinski definition) is 1. The Labute approximate surface area is 143 Å². The molecule has 0 saturated carbocycles. The van der Waals surface area contributed by atoms with Crippen LogP contribution >= 0.6 is 0 Å². The van der Waals surface area contributed by atoms with Crippen molar-refractivity contribution in [3.63, 3.8) is 0 Å². The zero-order valence-electron chi connectivity index (χ0n) is 15.0. The molecule has 0 amide bonds. The summed E-state index contributed by atoms with van der Waals surface area (Å²) < 4.78 is 14.0. The average molecular weight is 333 g/mol. The Bertz CT molecular complexity index is 654. The predicted molar refractivity (Wildman–Crippen MR) is 94.7 cm³/mol. The standard InChI is InChI=1S/C20H28FNO2/c1-4-6-9-20(10-8-14(23)7-5-2)12-16-13(3)18(22)17(21)11-15(16)19(20)24/h11H,4-10,12,22H2,1-3H3. The molecule has 2 rings (SSSR count). The van der Waals surface area contributed by atoms with Gasteiger partial charge in [0, 0.05) is 23.8 Å². The second kappa shape index (κ2) is 7.45. The topological polar surface area (TPSA) is 60.2 Å². The summed E-state index contributed by atoms with van der Waals surface area (Å²) in [5, 5.41) is 0. The van der Waals surface area contributed by atoms with Crippen molar-refractivity contribution in [1.29, 1.82) is 0 Å². The minimum absolute atomic E-state index is 0.00255. The van der Waals surface area contributed by atoms with E-state index in [2.05, 4.69) is 6.92 Å². The van der Waals surface area contributed by atoms with Crippen LogP contribution in [0.4, 0.5) is 10.1 Å². The highest BCUT2D eigenvalue weighted by Gasteiger charge is 2.45. The Morgan fingerprint density at radius 2 is 1.96 bits per heavy atom. The molecule has 1 unspecified atom stereocenters. The van der Waals surface area contributed by atoms with Crippen molar-refractivity contribution >= 4 is 17.3 Å². The number of hydrogen-bond acceptors (Lipinski definition) is 3. The monoisotopic (exact) mass is 333 g/mol. The van der Waals surface area contributed by atoms with E-state index in [1.807, 2.05) is 6.92 Å². The second-order valence-electron chi connectivity index (χ2n) is 7.10. The van der Waals surface area contributed by atoms with Gasteiger partial charge in [-0.05, 0) is 49.8 Å². The van der Waals surface area contributed by atoms with E-state index in [4.69, 9.17) is 5.73 Å². The van der Waals surface area contributed by atoms with E-state index in [9.17, 15) is 14.0 Å². The Morgan fingerprint density at radius 1 is 1.25 bits per heavy atom. The summed E-state index contributed by atoms with van der Waals surface area (Å²) in [7, 11) is 0. The smallest absolute Gasteiger partial charge is 0.169 e. The zero-order valence-corrected chi connectivity index (χ0v) is 15.0. The molecule has 4 heteroatoms. The van der Waals surface area contributed by atoms with Crippen LogP contribution in [0.15, 0.2) is 6.07 Å². The van der Waals surface area contributed by atoms with Gasteiger partial charge >= 0.3 is 0 Å². The average Bonchev–Trinajstić information content (AvgIpc) is 2.83. The molecule has 1 aromatic carbocycles. The summed E-state index contributed by atoms with van der Waals surface area (Å²) >= 11 is 0. The molecule has 2 N–H and O–H groups in total. The Balaban J connectivity index is 2.34. The number of nitrogens with two attached hydrogens (primary N) is 1. The van der Waals surface area contributed by atoms with Crippen LogP contribution in [0.1, 0.15) is 80.3 Å². The molecule has 1 aromatic rings. The summed E-state index contributed by atoms with van der Waals surface area (Å²) in [4.78, 5) is 25.1. The highest BCUT2D eigenvalue weighted by atomic mass is 19.1. The first-order chi connectivity index (χ1) is 11.4. The molecule has 3 nitrogen and oxygen atoms in total. The lowest BCUT2D eigenvalue weighted by molar-refractivity contribution is -0.119. The number of benzene rings is 1. The first-order valence-electron chi connectivity index (χ1n) is 9.00. The van der Waals surface area contributed by atoms with Gasteiger partial charge in [0.1, 0.15) is 11.6 Å². The number of anilines is 1. The fourth-order valence-electron chi connectivity index (χ4n) is 3.80. The maximum atomic E-state index is 14.0. The van der Waals surface area contributed by atoms with Crippen LogP contribution in [-0.4, -0.2) is 11.6 Å². The van der Waals surface area contributed by atoms with Gasteiger partial charge in [-0.15, -0.1) is 0 Å². The number of ketones is 2. The maximum absolute atomic E-state index is 14.0.